The molecule has 1 fully saturated rings. The van der Waals surface area contributed by atoms with E-state index in [2.05, 4.69) is 0 Å². The maximum atomic E-state index is 12.9. The molecule has 0 aromatic heterocycles. The molecule has 5 nitrogen and oxygen atoms in total. The summed E-state index contributed by atoms with van der Waals surface area (Å²) in [6.07, 6.45) is 0.941. The fourth-order valence-corrected chi connectivity index (χ4v) is 3.40. The number of esters is 1. The minimum absolute atomic E-state index is 0.0875. The summed E-state index contributed by atoms with van der Waals surface area (Å²) in [4.78, 5) is 26.9. The standard InChI is InChI=1S/C18H23NO4/c1-4-22-11-12-8-9-19(10-12)16(20)13-6-5-7-14-15(13)17(21)23-18(14,2)3/h5-7,12H,4,8-11H2,1-3H3/t12-/m1/s1. The smallest absolute Gasteiger partial charge is 0.340 e. The van der Waals surface area contributed by atoms with Crippen molar-refractivity contribution < 1.29 is 19.1 Å². The van der Waals surface area contributed by atoms with Crippen molar-refractivity contribution in [2.45, 2.75) is 32.8 Å². The fourth-order valence-electron chi connectivity index (χ4n) is 3.40. The summed E-state index contributed by atoms with van der Waals surface area (Å²) in [5, 5.41) is 0. The van der Waals surface area contributed by atoms with Gasteiger partial charge in [0.25, 0.3) is 5.91 Å². The molecule has 2 aliphatic heterocycles. The zero-order chi connectivity index (χ0) is 16.6. The Labute approximate surface area is 136 Å². The Morgan fingerprint density at radius 2 is 2.22 bits per heavy atom. The van der Waals surface area contributed by atoms with Gasteiger partial charge in [-0.3, -0.25) is 4.79 Å². The van der Waals surface area contributed by atoms with E-state index in [1.807, 2.05) is 37.8 Å². The number of carbonyl (C=O) groups is 2. The molecule has 1 aromatic rings. The largest absolute Gasteiger partial charge is 0.451 e. The van der Waals surface area contributed by atoms with Gasteiger partial charge in [0.15, 0.2) is 0 Å². The number of fused-ring (bicyclic) bond motifs is 1. The van der Waals surface area contributed by atoms with Crippen LogP contribution in [0.4, 0.5) is 0 Å². The molecule has 124 valence electrons. The van der Waals surface area contributed by atoms with Gasteiger partial charge in [-0.2, -0.15) is 0 Å². The maximum absolute atomic E-state index is 12.9. The molecule has 1 amide bonds. The third-order valence-corrected chi connectivity index (χ3v) is 4.63. The maximum Gasteiger partial charge on any atom is 0.340 e. The molecule has 0 spiro atoms. The molecule has 0 aliphatic carbocycles. The molecule has 1 saturated heterocycles. The minimum Gasteiger partial charge on any atom is -0.451 e. The summed E-state index contributed by atoms with van der Waals surface area (Å²) in [7, 11) is 0. The van der Waals surface area contributed by atoms with E-state index >= 15 is 0 Å². The third kappa shape index (κ3) is 2.85. The predicted octanol–water partition coefficient (Wildman–Crippen LogP) is 2.59. The number of hydrogen-bond donors (Lipinski definition) is 0. The molecule has 23 heavy (non-hydrogen) atoms. The monoisotopic (exact) mass is 317 g/mol. The van der Waals surface area contributed by atoms with Gasteiger partial charge in [0.2, 0.25) is 0 Å². The number of benzene rings is 1. The number of nitrogens with zero attached hydrogens (tertiary/aromatic N) is 1. The van der Waals surface area contributed by atoms with E-state index in [1.165, 1.54) is 0 Å². The van der Waals surface area contributed by atoms with Crippen LogP contribution in [0.2, 0.25) is 0 Å². The second-order valence-corrected chi connectivity index (χ2v) is 6.69. The van der Waals surface area contributed by atoms with E-state index in [4.69, 9.17) is 9.47 Å². The van der Waals surface area contributed by atoms with Gasteiger partial charge in [0.1, 0.15) is 5.60 Å². The predicted molar refractivity (Wildman–Crippen MR) is 85.4 cm³/mol. The first-order chi connectivity index (χ1) is 10.9. The zero-order valence-corrected chi connectivity index (χ0v) is 13.9. The molecule has 3 rings (SSSR count). The van der Waals surface area contributed by atoms with Crippen LogP contribution >= 0.6 is 0 Å². The number of carbonyl (C=O) groups excluding carboxylic acids is 2. The van der Waals surface area contributed by atoms with Gasteiger partial charge in [-0.05, 0) is 33.3 Å². The Morgan fingerprint density at radius 1 is 1.43 bits per heavy atom. The average Bonchev–Trinajstić information content (AvgIpc) is 3.08. The van der Waals surface area contributed by atoms with Crippen LogP contribution in [0, 0.1) is 5.92 Å². The number of ether oxygens (including phenoxy) is 2. The lowest BCUT2D eigenvalue weighted by Gasteiger charge is -2.19. The second-order valence-electron chi connectivity index (χ2n) is 6.69. The third-order valence-electron chi connectivity index (χ3n) is 4.63. The SMILES string of the molecule is CCOC[C@@H]1CCN(C(=O)c2cccc3c2C(=O)OC3(C)C)C1. The van der Waals surface area contributed by atoms with Gasteiger partial charge < -0.3 is 14.4 Å². The van der Waals surface area contributed by atoms with Crippen molar-refractivity contribution in [1.82, 2.24) is 4.90 Å². The normalized spacial score (nSPS) is 22.1. The molecule has 1 atom stereocenters. The van der Waals surface area contributed by atoms with Crippen molar-refractivity contribution >= 4 is 11.9 Å². The van der Waals surface area contributed by atoms with E-state index in [1.54, 1.807) is 6.07 Å². The highest BCUT2D eigenvalue weighted by molar-refractivity contribution is 6.08. The molecule has 0 bridgehead atoms. The van der Waals surface area contributed by atoms with Crippen molar-refractivity contribution in [3.63, 3.8) is 0 Å². The fraction of sp³-hybridized carbons (Fsp3) is 0.556. The number of rotatable bonds is 4. The second kappa shape index (κ2) is 5.96. The topological polar surface area (TPSA) is 55.8 Å². The molecule has 2 heterocycles. The molecule has 0 saturated carbocycles. The first-order valence-electron chi connectivity index (χ1n) is 8.18. The van der Waals surface area contributed by atoms with Gasteiger partial charge >= 0.3 is 5.97 Å². The molecule has 1 aromatic carbocycles. The molecular weight excluding hydrogens is 294 g/mol. The van der Waals surface area contributed by atoms with Crippen LogP contribution in [0.15, 0.2) is 18.2 Å². The Kier molecular flexibility index (Phi) is 4.15. The Balaban J connectivity index is 1.83. The van der Waals surface area contributed by atoms with E-state index in [-0.39, 0.29) is 5.91 Å². The first kappa shape index (κ1) is 16.0. The molecule has 5 heteroatoms. The van der Waals surface area contributed by atoms with E-state index in [9.17, 15) is 9.59 Å². The van der Waals surface area contributed by atoms with Crippen molar-refractivity contribution in [2.24, 2.45) is 5.92 Å². The van der Waals surface area contributed by atoms with Gasteiger partial charge in [-0.1, -0.05) is 12.1 Å². The number of likely N-dealkylation sites (tertiary alicyclic amines) is 1. The Bertz CT molecular complexity index is 638. The average molecular weight is 317 g/mol. The Hall–Kier alpha value is -1.88. The van der Waals surface area contributed by atoms with Gasteiger partial charge in [0.05, 0.1) is 17.7 Å². The first-order valence-corrected chi connectivity index (χ1v) is 8.18. The van der Waals surface area contributed by atoms with Crippen molar-refractivity contribution in [2.75, 3.05) is 26.3 Å². The van der Waals surface area contributed by atoms with Crippen LogP contribution in [0.3, 0.4) is 0 Å². The van der Waals surface area contributed by atoms with E-state index in [0.29, 0.717) is 43.3 Å². The highest BCUT2D eigenvalue weighted by atomic mass is 16.6. The van der Waals surface area contributed by atoms with Crippen LogP contribution in [-0.2, 0) is 15.1 Å². The van der Waals surface area contributed by atoms with Crippen LogP contribution in [0.25, 0.3) is 0 Å². The van der Waals surface area contributed by atoms with Crippen molar-refractivity contribution in [3.8, 4) is 0 Å². The van der Waals surface area contributed by atoms with E-state index in [0.717, 1.165) is 12.0 Å². The molecular formula is C18H23NO4. The van der Waals surface area contributed by atoms with Crippen LogP contribution in [0.1, 0.15) is 53.5 Å². The van der Waals surface area contributed by atoms with Crippen LogP contribution < -0.4 is 0 Å². The highest BCUT2D eigenvalue weighted by Crippen LogP contribution is 2.38. The van der Waals surface area contributed by atoms with Gasteiger partial charge in [0, 0.05) is 31.2 Å². The Morgan fingerprint density at radius 3 is 2.96 bits per heavy atom. The molecule has 0 unspecified atom stereocenters. The molecule has 0 N–H and O–H groups in total. The lowest BCUT2D eigenvalue weighted by atomic mass is 9.92. The summed E-state index contributed by atoms with van der Waals surface area (Å²) in [5.74, 6) is -0.117. The number of amides is 1. The number of hydrogen-bond acceptors (Lipinski definition) is 4. The summed E-state index contributed by atoms with van der Waals surface area (Å²) >= 11 is 0. The van der Waals surface area contributed by atoms with Gasteiger partial charge in [-0.25, -0.2) is 4.79 Å². The summed E-state index contributed by atoms with van der Waals surface area (Å²) in [6, 6.07) is 5.40. The van der Waals surface area contributed by atoms with Crippen molar-refractivity contribution in [3.05, 3.63) is 34.9 Å². The lowest BCUT2D eigenvalue weighted by Crippen LogP contribution is -2.30. The molecule has 0 radical (unpaired) electrons. The van der Waals surface area contributed by atoms with Crippen LogP contribution in [-0.4, -0.2) is 43.1 Å². The quantitative estimate of drug-likeness (QED) is 0.801. The number of cyclic esters (lactones) is 1. The van der Waals surface area contributed by atoms with Gasteiger partial charge in [-0.15, -0.1) is 0 Å². The van der Waals surface area contributed by atoms with E-state index < -0.39 is 11.6 Å². The molecule has 2 aliphatic rings. The minimum atomic E-state index is -0.675. The summed E-state index contributed by atoms with van der Waals surface area (Å²) in [5.41, 5.74) is 0.995. The van der Waals surface area contributed by atoms with Crippen LogP contribution in [0.5, 0.6) is 0 Å². The zero-order valence-electron chi connectivity index (χ0n) is 13.9. The summed E-state index contributed by atoms with van der Waals surface area (Å²) in [6.45, 7) is 8.43. The van der Waals surface area contributed by atoms with Crippen molar-refractivity contribution in [1.29, 1.82) is 0 Å². The lowest BCUT2D eigenvalue weighted by molar-refractivity contribution is 0.00943. The highest BCUT2D eigenvalue weighted by Gasteiger charge is 2.41. The summed E-state index contributed by atoms with van der Waals surface area (Å²) < 4.78 is 10.9.